The van der Waals surface area contributed by atoms with Crippen molar-refractivity contribution in [2.24, 2.45) is 5.10 Å². The molecular weight excluding hydrogens is 443 g/mol. The predicted molar refractivity (Wildman–Crippen MR) is 114 cm³/mol. The van der Waals surface area contributed by atoms with Crippen LogP contribution in [0, 0.1) is 3.57 Å². The fourth-order valence-electron chi connectivity index (χ4n) is 2.37. The molecule has 140 valence electrons. The largest absolute Gasteiger partial charge is 0.496 e. The number of nitrogens with zero attached hydrogens (tertiary/aromatic N) is 1. The van der Waals surface area contributed by atoms with E-state index >= 15 is 0 Å². The maximum Gasteiger partial charge on any atom is 0.174 e. The van der Waals surface area contributed by atoms with Crippen molar-refractivity contribution in [3.8, 4) is 17.2 Å². The Bertz CT molecular complexity index is 735. The quantitative estimate of drug-likeness (QED) is 0.315. The number of hydrogen-bond donors (Lipinski definition) is 1. The zero-order chi connectivity index (χ0) is 18.8. The van der Waals surface area contributed by atoms with Crippen LogP contribution in [-0.4, -0.2) is 26.5 Å². The molecule has 6 heteroatoms. The number of benzene rings is 2. The fourth-order valence-corrected chi connectivity index (χ4v) is 3.15. The number of rotatable bonds is 10. The van der Waals surface area contributed by atoms with Gasteiger partial charge in [-0.3, -0.25) is 0 Å². The molecule has 0 saturated carbocycles. The van der Waals surface area contributed by atoms with Crippen molar-refractivity contribution in [1.29, 1.82) is 0 Å². The van der Waals surface area contributed by atoms with Gasteiger partial charge in [0.05, 0.1) is 36.7 Å². The summed E-state index contributed by atoms with van der Waals surface area (Å²) in [5, 5.41) is 4.32. The van der Waals surface area contributed by atoms with Crippen molar-refractivity contribution in [2.45, 2.75) is 26.8 Å². The number of nitrogens with one attached hydrogen (secondary N) is 1. The van der Waals surface area contributed by atoms with Gasteiger partial charge in [-0.05, 0) is 59.7 Å². The van der Waals surface area contributed by atoms with Crippen LogP contribution in [0.3, 0.4) is 0 Å². The third-order valence-corrected chi connectivity index (χ3v) is 4.35. The van der Waals surface area contributed by atoms with Crippen LogP contribution in [0.4, 0.5) is 0 Å². The minimum absolute atomic E-state index is 0.589. The topological polar surface area (TPSA) is 52.1 Å². The SMILES string of the molecule is CCCOc1c(I)cc(/C=N\NCc2ccccc2OC)cc1OCC. The van der Waals surface area contributed by atoms with Gasteiger partial charge in [0.2, 0.25) is 0 Å². The first-order valence-corrected chi connectivity index (χ1v) is 9.74. The molecule has 0 aliphatic rings. The van der Waals surface area contributed by atoms with Gasteiger partial charge in [0, 0.05) is 5.56 Å². The van der Waals surface area contributed by atoms with Crippen LogP contribution >= 0.6 is 22.6 Å². The van der Waals surface area contributed by atoms with E-state index in [1.165, 1.54) is 0 Å². The number of hydrazone groups is 1. The maximum absolute atomic E-state index is 5.83. The lowest BCUT2D eigenvalue weighted by Gasteiger charge is -2.14. The Morgan fingerprint density at radius 1 is 1.12 bits per heavy atom. The summed E-state index contributed by atoms with van der Waals surface area (Å²) < 4.78 is 17.9. The molecule has 0 heterocycles. The van der Waals surface area contributed by atoms with Gasteiger partial charge in [-0.25, -0.2) is 0 Å². The molecule has 0 aliphatic heterocycles. The van der Waals surface area contributed by atoms with E-state index < -0.39 is 0 Å². The highest BCUT2D eigenvalue weighted by atomic mass is 127. The Morgan fingerprint density at radius 3 is 2.65 bits per heavy atom. The highest BCUT2D eigenvalue weighted by molar-refractivity contribution is 14.1. The molecule has 0 fully saturated rings. The molecule has 0 aliphatic carbocycles. The van der Waals surface area contributed by atoms with Crippen LogP contribution < -0.4 is 19.6 Å². The first-order chi connectivity index (χ1) is 12.7. The predicted octanol–water partition coefficient (Wildman–Crippen LogP) is 4.61. The molecule has 26 heavy (non-hydrogen) atoms. The first kappa shape index (κ1) is 20.4. The van der Waals surface area contributed by atoms with E-state index in [2.05, 4.69) is 40.0 Å². The molecule has 0 aromatic heterocycles. The van der Waals surface area contributed by atoms with E-state index in [0.29, 0.717) is 19.8 Å². The first-order valence-electron chi connectivity index (χ1n) is 8.66. The van der Waals surface area contributed by atoms with E-state index in [0.717, 1.165) is 38.4 Å². The molecule has 0 amide bonds. The summed E-state index contributed by atoms with van der Waals surface area (Å²) in [4.78, 5) is 0. The van der Waals surface area contributed by atoms with Gasteiger partial charge >= 0.3 is 0 Å². The average Bonchev–Trinajstić information content (AvgIpc) is 2.65. The molecule has 1 N–H and O–H groups in total. The lowest BCUT2D eigenvalue weighted by Crippen LogP contribution is -2.07. The van der Waals surface area contributed by atoms with Gasteiger partial charge in [0.25, 0.3) is 0 Å². The van der Waals surface area contributed by atoms with Crippen LogP contribution in [0.5, 0.6) is 17.2 Å². The van der Waals surface area contributed by atoms with Crippen molar-refractivity contribution < 1.29 is 14.2 Å². The minimum Gasteiger partial charge on any atom is -0.496 e. The molecular formula is C20H25IN2O3. The van der Waals surface area contributed by atoms with Crippen molar-refractivity contribution in [2.75, 3.05) is 20.3 Å². The summed E-state index contributed by atoms with van der Waals surface area (Å²) in [5.74, 6) is 2.40. The second-order valence-electron chi connectivity index (χ2n) is 5.52. The molecule has 0 saturated heterocycles. The van der Waals surface area contributed by atoms with Gasteiger partial charge in [0.1, 0.15) is 5.75 Å². The van der Waals surface area contributed by atoms with Crippen LogP contribution in [0.1, 0.15) is 31.4 Å². The Balaban J connectivity index is 2.07. The summed E-state index contributed by atoms with van der Waals surface area (Å²) in [6.45, 7) is 5.90. The molecule has 0 atom stereocenters. The highest BCUT2D eigenvalue weighted by Crippen LogP contribution is 2.34. The van der Waals surface area contributed by atoms with Gasteiger partial charge < -0.3 is 19.6 Å². The lowest BCUT2D eigenvalue weighted by atomic mass is 10.2. The van der Waals surface area contributed by atoms with Gasteiger partial charge in [-0.15, -0.1) is 0 Å². The third-order valence-electron chi connectivity index (χ3n) is 3.55. The number of ether oxygens (including phenoxy) is 3. The third kappa shape index (κ3) is 5.79. The molecule has 2 rings (SSSR count). The van der Waals surface area contributed by atoms with Gasteiger partial charge in [-0.2, -0.15) is 5.10 Å². The smallest absolute Gasteiger partial charge is 0.174 e. The Hall–Kier alpha value is -1.96. The average molecular weight is 468 g/mol. The molecule has 0 bridgehead atoms. The highest BCUT2D eigenvalue weighted by Gasteiger charge is 2.11. The van der Waals surface area contributed by atoms with E-state index in [9.17, 15) is 0 Å². The van der Waals surface area contributed by atoms with Gasteiger partial charge in [0.15, 0.2) is 11.5 Å². The van der Waals surface area contributed by atoms with Crippen molar-refractivity contribution in [1.82, 2.24) is 5.43 Å². The fraction of sp³-hybridized carbons (Fsp3) is 0.350. The zero-order valence-electron chi connectivity index (χ0n) is 15.4. The van der Waals surface area contributed by atoms with Crippen LogP contribution in [0.2, 0.25) is 0 Å². The summed E-state index contributed by atoms with van der Waals surface area (Å²) in [6, 6.07) is 11.9. The summed E-state index contributed by atoms with van der Waals surface area (Å²) >= 11 is 2.27. The number of methoxy groups -OCH3 is 1. The van der Waals surface area contributed by atoms with E-state index in [1.54, 1.807) is 13.3 Å². The number of halogens is 1. The van der Waals surface area contributed by atoms with Crippen LogP contribution in [0.15, 0.2) is 41.5 Å². The zero-order valence-corrected chi connectivity index (χ0v) is 17.6. The molecule has 5 nitrogen and oxygen atoms in total. The van der Waals surface area contributed by atoms with Crippen molar-refractivity contribution in [3.05, 3.63) is 51.1 Å². The summed E-state index contributed by atoms with van der Waals surface area (Å²) in [7, 11) is 1.67. The summed E-state index contributed by atoms with van der Waals surface area (Å²) in [5.41, 5.74) is 5.07. The standard InChI is InChI=1S/C20H25IN2O3/c1-4-10-26-20-17(21)11-15(12-19(20)25-5-2)13-22-23-14-16-8-6-7-9-18(16)24-3/h6-9,11-13,23H,4-5,10,14H2,1-3H3/b22-13-. The van der Waals surface area contributed by atoms with Crippen molar-refractivity contribution in [3.63, 3.8) is 0 Å². The van der Waals surface area contributed by atoms with E-state index in [4.69, 9.17) is 14.2 Å². The van der Waals surface area contributed by atoms with Crippen LogP contribution in [-0.2, 0) is 6.54 Å². The summed E-state index contributed by atoms with van der Waals surface area (Å²) in [6.07, 6.45) is 2.74. The molecule has 0 unspecified atom stereocenters. The molecule has 0 radical (unpaired) electrons. The monoisotopic (exact) mass is 468 g/mol. The lowest BCUT2D eigenvalue weighted by molar-refractivity contribution is 0.275. The maximum atomic E-state index is 5.83. The second-order valence-corrected chi connectivity index (χ2v) is 6.68. The molecule has 2 aromatic rings. The van der Waals surface area contributed by atoms with Gasteiger partial charge in [-0.1, -0.05) is 25.1 Å². The van der Waals surface area contributed by atoms with Crippen molar-refractivity contribution >= 4 is 28.8 Å². The molecule has 0 spiro atoms. The van der Waals surface area contributed by atoms with E-state index in [1.807, 2.05) is 43.3 Å². The Kier molecular flexibility index (Phi) is 8.53. The number of para-hydroxylation sites is 1. The number of hydrogen-bond acceptors (Lipinski definition) is 5. The minimum atomic E-state index is 0.589. The molecule has 2 aromatic carbocycles. The normalized spacial score (nSPS) is 10.8. The van der Waals surface area contributed by atoms with E-state index in [-0.39, 0.29) is 0 Å². The Labute approximate surface area is 168 Å². The van der Waals surface area contributed by atoms with Crippen LogP contribution in [0.25, 0.3) is 0 Å². The Morgan fingerprint density at radius 2 is 1.92 bits per heavy atom. The second kappa shape index (κ2) is 10.9.